The average molecular weight is 687 g/mol. The van der Waals surface area contributed by atoms with Crippen LogP contribution in [0.3, 0.4) is 0 Å². The van der Waals surface area contributed by atoms with E-state index in [1.807, 2.05) is 12.2 Å². The maximum Gasteiger partial charge on any atom is 0.167 e. The van der Waals surface area contributed by atoms with Crippen LogP contribution >= 0.6 is 0 Å². The zero-order valence-electron chi connectivity index (χ0n) is 30.5. The van der Waals surface area contributed by atoms with Crippen LogP contribution in [0.5, 0.6) is 0 Å². The third-order valence-electron chi connectivity index (χ3n) is 11.5. The van der Waals surface area contributed by atoms with Gasteiger partial charge in [0.15, 0.2) is 23.3 Å². The third kappa shape index (κ3) is 10.0. The lowest BCUT2D eigenvalue weighted by Gasteiger charge is -2.35. The lowest BCUT2D eigenvalue weighted by molar-refractivity contribution is 0.187. The highest BCUT2D eigenvalue weighted by molar-refractivity contribution is 5.74. The quantitative estimate of drug-likeness (QED) is 0.0753. The van der Waals surface area contributed by atoms with Crippen LogP contribution < -0.4 is 0 Å². The van der Waals surface area contributed by atoms with Crippen LogP contribution in [0, 0.1) is 41.0 Å². The summed E-state index contributed by atoms with van der Waals surface area (Å²) >= 11 is 0. The molecule has 3 aromatic rings. The maximum absolute atomic E-state index is 15.5. The molecule has 3 aromatic carbocycles. The molecule has 0 heterocycles. The predicted molar refractivity (Wildman–Crippen MR) is 203 cm³/mol. The summed E-state index contributed by atoms with van der Waals surface area (Å²) in [6.45, 7) is 4.34. The Labute approximate surface area is 299 Å². The fourth-order valence-corrected chi connectivity index (χ4v) is 8.36. The lowest BCUT2D eigenvalue weighted by Crippen LogP contribution is -2.23. The molecule has 1 fully saturated rings. The average Bonchev–Trinajstić information content (AvgIpc) is 3.14. The molecule has 0 aliphatic heterocycles. The normalized spacial score (nSPS) is 19.6. The molecule has 0 bridgehead atoms. The lowest BCUT2D eigenvalue weighted by atomic mass is 9.70. The van der Waals surface area contributed by atoms with Gasteiger partial charge in [0.05, 0.1) is 0 Å². The van der Waals surface area contributed by atoms with Crippen molar-refractivity contribution in [3.8, 4) is 22.3 Å². The van der Waals surface area contributed by atoms with E-state index in [4.69, 9.17) is 0 Å². The minimum atomic E-state index is -0.898. The van der Waals surface area contributed by atoms with E-state index in [1.54, 1.807) is 48.5 Å². The summed E-state index contributed by atoms with van der Waals surface area (Å²) in [6, 6.07) is 13.1. The fourth-order valence-electron chi connectivity index (χ4n) is 8.36. The first-order chi connectivity index (χ1) is 24.4. The minimum absolute atomic E-state index is 0.145. The minimum Gasteiger partial charge on any atom is -0.203 e. The summed E-state index contributed by atoms with van der Waals surface area (Å²) in [5.74, 6) is -1.13. The molecule has 1 atom stereocenters. The molecule has 2 aliphatic carbocycles. The van der Waals surface area contributed by atoms with Crippen LogP contribution in [0.2, 0.25) is 0 Å². The van der Waals surface area contributed by atoms with E-state index in [1.165, 1.54) is 83.5 Å². The molecule has 2 aliphatic rings. The molecule has 1 unspecified atom stereocenters. The van der Waals surface area contributed by atoms with Gasteiger partial charge in [0, 0.05) is 16.7 Å². The van der Waals surface area contributed by atoms with Gasteiger partial charge >= 0.3 is 0 Å². The number of hydrogen-bond donors (Lipinski definition) is 0. The van der Waals surface area contributed by atoms with E-state index in [9.17, 15) is 4.39 Å². The van der Waals surface area contributed by atoms with Gasteiger partial charge in [0.25, 0.3) is 0 Å². The van der Waals surface area contributed by atoms with Crippen molar-refractivity contribution >= 4 is 5.57 Å². The Kier molecular flexibility index (Phi) is 14.8. The van der Waals surface area contributed by atoms with E-state index in [-0.39, 0.29) is 11.1 Å². The Morgan fingerprint density at radius 2 is 1.14 bits per heavy atom. The van der Waals surface area contributed by atoms with E-state index in [2.05, 4.69) is 19.9 Å². The van der Waals surface area contributed by atoms with Gasteiger partial charge in [-0.25, -0.2) is 17.6 Å². The maximum atomic E-state index is 15.5. The van der Waals surface area contributed by atoms with Gasteiger partial charge in [-0.2, -0.15) is 0 Å². The topological polar surface area (TPSA) is 0 Å². The molecule has 1 saturated carbocycles. The Hall–Kier alpha value is -3.14. The van der Waals surface area contributed by atoms with Crippen LogP contribution in [0.15, 0.2) is 66.8 Å². The summed E-state index contributed by atoms with van der Waals surface area (Å²) < 4.78 is 60.9. The molecule has 270 valence electrons. The van der Waals surface area contributed by atoms with Crippen LogP contribution in [0.4, 0.5) is 17.6 Å². The Morgan fingerprint density at radius 1 is 0.560 bits per heavy atom. The van der Waals surface area contributed by atoms with Crippen molar-refractivity contribution in [2.24, 2.45) is 17.8 Å². The first-order valence-electron chi connectivity index (χ1n) is 19.8. The Balaban J connectivity index is 1.13. The van der Waals surface area contributed by atoms with Crippen LogP contribution in [-0.4, -0.2) is 0 Å². The van der Waals surface area contributed by atoms with Crippen molar-refractivity contribution in [1.82, 2.24) is 0 Å². The van der Waals surface area contributed by atoms with Crippen LogP contribution in [-0.2, 0) is 6.42 Å². The first kappa shape index (κ1) is 38.1. The zero-order valence-corrected chi connectivity index (χ0v) is 30.5. The highest BCUT2D eigenvalue weighted by atomic mass is 19.2. The molecule has 0 amide bonds. The predicted octanol–water partition coefficient (Wildman–Crippen LogP) is 15.0. The molecule has 0 nitrogen and oxygen atoms in total. The summed E-state index contributed by atoms with van der Waals surface area (Å²) in [4.78, 5) is 0. The van der Waals surface area contributed by atoms with Gasteiger partial charge in [0.1, 0.15) is 0 Å². The van der Waals surface area contributed by atoms with Crippen molar-refractivity contribution in [3.05, 3.63) is 101 Å². The van der Waals surface area contributed by atoms with Gasteiger partial charge in [0.2, 0.25) is 0 Å². The molecular formula is C46H58F4. The molecule has 0 N–H and O–H groups in total. The van der Waals surface area contributed by atoms with Gasteiger partial charge in [-0.1, -0.05) is 158 Å². The van der Waals surface area contributed by atoms with Crippen molar-refractivity contribution in [2.75, 3.05) is 0 Å². The Morgan fingerprint density at radius 3 is 1.76 bits per heavy atom. The summed E-state index contributed by atoms with van der Waals surface area (Å²) in [5.41, 5.74) is 2.86. The molecular weight excluding hydrogens is 628 g/mol. The number of hydrogen-bond acceptors (Lipinski definition) is 0. The summed E-state index contributed by atoms with van der Waals surface area (Å²) in [6.07, 6.45) is 28.8. The highest BCUT2D eigenvalue weighted by Gasteiger charge is 2.29. The van der Waals surface area contributed by atoms with E-state index in [0.717, 1.165) is 49.5 Å². The standard InChI is InChI=1S/C46H58F4/c1-3-5-7-9-10-11-12-13-15-33-17-19-34(20-18-33)35-21-23-36(24-22-35)41-31-32-42(46(50)45(41)49)38-27-25-37(26-28-38)40-30-29-39(43(47)44(40)48)16-14-8-6-4-2/h8,14,23,25-35H,3-7,9-13,15-22,24H2,1-2H3/b14-8-. The molecule has 4 heteroatoms. The zero-order chi connectivity index (χ0) is 35.3. The molecule has 0 spiro atoms. The van der Waals surface area contributed by atoms with Crippen LogP contribution in [0.1, 0.15) is 141 Å². The summed E-state index contributed by atoms with van der Waals surface area (Å²) in [5, 5.41) is 0. The van der Waals surface area contributed by atoms with Gasteiger partial charge in [-0.15, -0.1) is 0 Å². The smallest absolute Gasteiger partial charge is 0.167 e. The number of allylic oxidation sites excluding steroid dienone is 4. The van der Waals surface area contributed by atoms with Crippen molar-refractivity contribution in [1.29, 1.82) is 0 Å². The first-order valence-corrected chi connectivity index (χ1v) is 19.8. The number of benzene rings is 3. The Bertz CT molecular complexity index is 1560. The molecule has 5 rings (SSSR count). The van der Waals surface area contributed by atoms with Crippen LogP contribution in [0.25, 0.3) is 27.8 Å². The number of halogens is 4. The number of unbranched alkanes of at least 4 members (excludes halogenated alkanes) is 8. The summed E-state index contributed by atoms with van der Waals surface area (Å²) in [7, 11) is 0. The molecule has 0 aromatic heterocycles. The van der Waals surface area contributed by atoms with E-state index >= 15 is 13.2 Å². The number of rotatable bonds is 17. The fraction of sp³-hybridized carbons (Fsp3) is 0.522. The van der Waals surface area contributed by atoms with Gasteiger partial charge < -0.3 is 0 Å². The third-order valence-corrected chi connectivity index (χ3v) is 11.5. The van der Waals surface area contributed by atoms with E-state index in [0.29, 0.717) is 34.6 Å². The second-order valence-corrected chi connectivity index (χ2v) is 15.0. The largest absolute Gasteiger partial charge is 0.203 e. The van der Waals surface area contributed by atoms with Gasteiger partial charge in [-0.05, 0) is 85.0 Å². The molecule has 0 radical (unpaired) electrons. The molecule has 50 heavy (non-hydrogen) atoms. The van der Waals surface area contributed by atoms with Crippen molar-refractivity contribution in [2.45, 2.75) is 136 Å². The second-order valence-electron chi connectivity index (χ2n) is 15.0. The molecule has 0 saturated heterocycles. The van der Waals surface area contributed by atoms with Gasteiger partial charge in [-0.3, -0.25) is 0 Å². The van der Waals surface area contributed by atoms with E-state index < -0.39 is 23.3 Å². The monoisotopic (exact) mass is 686 g/mol. The highest BCUT2D eigenvalue weighted by Crippen LogP contribution is 2.43. The van der Waals surface area contributed by atoms with Crippen molar-refractivity contribution < 1.29 is 17.6 Å². The second kappa shape index (κ2) is 19.5. The SMILES string of the molecule is CCC/C=C\Cc1ccc(-c2ccc(-c3ccc(C4=CCC(C5CCC(CCCCCCCCCC)CC5)CC4)c(F)c3F)cc2)c(F)c1F. The van der Waals surface area contributed by atoms with Crippen molar-refractivity contribution in [3.63, 3.8) is 0 Å².